The molecule has 23 heavy (non-hydrogen) atoms. The Morgan fingerprint density at radius 1 is 1.13 bits per heavy atom. The Bertz CT molecular complexity index is 748. The number of hydrogen-bond donors (Lipinski definition) is 1. The molecule has 1 amide bonds. The molecule has 0 heterocycles. The molecular formula is C16H14Cl2N2O3. The second-order valence-electron chi connectivity index (χ2n) is 4.41. The fourth-order valence-corrected chi connectivity index (χ4v) is 2.17. The van der Waals surface area contributed by atoms with Gasteiger partial charge in [0.15, 0.2) is 11.5 Å². The molecule has 0 fully saturated rings. The number of rotatable bonds is 5. The third kappa shape index (κ3) is 4.15. The topological polar surface area (TPSA) is 59.9 Å². The summed E-state index contributed by atoms with van der Waals surface area (Å²) in [6, 6.07) is 9.93. The largest absolute Gasteiger partial charge is 0.493 e. The summed E-state index contributed by atoms with van der Waals surface area (Å²) in [4.78, 5) is 12.0. The number of amides is 1. The normalized spacial score (nSPS) is 10.6. The first-order valence-corrected chi connectivity index (χ1v) is 7.32. The molecule has 2 aromatic rings. The number of methoxy groups -OCH3 is 2. The van der Waals surface area contributed by atoms with Gasteiger partial charge in [0.2, 0.25) is 0 Å². The minimum atomic E-state index is -0.401. The van der Waals surface area contributed by atoms with E-state index in [0.29, 0.717) is 32.7 Å². The Hall–Kier alpha value is -2.24. The Labute approximate surface area is 143 Å². The minimum absolute atomic E-state index is 0.303. The van der Waals surface area contributed by atoms with Gasteiger partial charge in [-0.2, -0.15) is 5.10 Å². The number of halogens is 2. The summed E-state index contributed by atoms with van der Waals surface area (Å²) in [5.41, 5.74) is 3.44. The number of para-hydroxylation sites is 1. The summed E-state index contributed by atoms with van der Waals surface area (Å²) < 4.78 is 10.5. The quantitative estimate of drug-likeness (QED) is 0.658. The molecule has 0 spiro atoms. The highest BCUT2D eigenvalue weighted by atomic mass is 35.5. The number of carbonyl (C=O) groups excluding carboxylic acids is 1. The molecule has 2 rings (SSSR count). The Morgan fingerprint density at radius 3 is 2.57 bits per heavy atom. The lowest BCUT2D eigenvalue weighted by molar-refractivity contribution is 0.0955. The van der Waals surface area contributed by atoms with Gasteiger partial charge >= 0.3 is 0 Å². The molecule has 0 saturated heterocycles. The third-order valence-electron chi connectivity index (χ3n) is 2.98. The van der Waals surface area contributed by atoms with Crippen molar-refractivity contribution < 1.29 is 14.3 Å². The molecule has 1 N–H and O–H groups in total. The van der Waals surface area contributed by atoms with Crippen LogP contribution in [0.5, 0.6) is 11.5 Å². The second kappa shape index (κ2) is 7.85. The van der Waals surface area contributed by atoms with Crippen LogP contribution in [0.4, 0.5) is 0 Å². The van der Waals surface area contributed by atoms with Crippen LogP contribution in [-0.4, -0.2) is 26.3 Å². The highest BCUT2D eigenvalue weighted by molar-refractivity contribution is 6.42. The van der Waals surface area contributed by atoms with Gasteiger partial charge in [0.1, 0.15) is 0 Å². The fourth-order valence-electron chi connectivity index (χ4n) is 1.88. The van der Waals surface area contributed by atoms with E-state index in [4.69, 9.17) is 32.7 Å². The van der Waals surface area contributed by atoms with Gasteiger partial charge in [0, 0.05) is 11.1 Å². The lowest BCUT2D eigenvalue weighted by Crippen LogP contribution is -2.17. The van der Waals surface area contributed by atoms with Crippen LogP contribution < -0.4 is 14.9 Å². The molecule has 0 aromatic heterocycles. The van der Waals surface area contributed by atoms with Crippen LogP contribution in [0.25, 0.3) is 0 Å². The zero-order valence-electron chi connectivity index (χ0n) is 12.5. The minimum Gasteiger partial charge on any atom is -0.493 e. The average Bonchev–Trinajstić information content (AvgIpc) is 2.56. The van der Waals surface area contributed by atoms with Gasteiger partial charge in [-0.1, -0.05) is 29.3 Å². The maximum atomic E-state index is 12.0. The molecule has 5 nitrogen and oxygen atoms in total. The van der Waals surface area contributed by atoms with Crippen molar-refractivity contribution in [1.29, 1.82) is 0 Å². The van der Waals surface area contributed by atoms with Gasteiger partial charge in [0.25, 0.3) is 5.91 Å². The predicted molar refractivity (Wildman–Crippen MR) is 91.1 cm³/mol. The number of hydrazone groups is 1. The Balaban J connectivity index is 2.12. The molecule has 0 aliphatic rings. The van der Waals surface area contributed by atoms with E-state index in [0.717, 1.165) is 0 Å². The van der Waals surface area contributed by atoms with Crippen LogP contribution in [0, 0.1) is 0 Å². The smallest absolute Gasteiger partial charge is 0.271 e. The van der Waals surface area contributed by atoms with Crippen molar-refractivity contribution >= 4 is 35.3 Å². The first-order valence-electron chi connectivity index (χ1n) is 6.56. The van der Waals surface area contributed by atoms with Gasteiger partial charge in [-0.15, -0.1) is 0 Å². The van der Waals surface area contributed by atoms with Gasteiger partial charge in [0.05, 0.1) is 30.5 Å². The standard InChI is InChI=1S/C16H14Cl2N2O3/c1-22-14-5-3-4-11(15(14)23-2)9-19-20-16(21)10-6-7-12(17)13(18)8-10/h3-9H,1-2H3,(H,20,21). The molecule has 0 radical (unpaired) electrons. The lowest BCUT2D eigenvalue weighted by Gasteiger charge is -2.09. The predicted octanol–water partition coefficient (Wildman–Crippen LogP) is 3.77. The van der Waals surface area contributed by atoms with Crippen molar-refractivity contribution in [3.8, 4) is 11.5 Å². The Kier molecular flexibility index (Phi) is 5.84. The van der Waals surface area contributed by atoms with E-state index in [1.807, 2.05) is 0 Å². The molecule has 0 unspecified atom stereocenters. The van der Waals surface area contributed by atoms with Crippen LogP contribution in [0.3, 0.4) is 0 Å². The molecule has 0 atom stereocenters. The fraction of sp³-hybridized carbons (Fsp3) is 0.125. The van der Waals surface area contributed by atoms with E-state index in [2.05, 4.69) is 10.5 Å². The van der Waals surface area contributed by atoms with E-state index >= 15 is 0 Å². The van der Waals surface area contributed by atoms with Crippen molar-refractivity contribution in [2.75, 3.05) is 14.2 Å². The van der Waals surface area contributed by atoms with Gasteiger partial charge < -0.3 is 9.47 Å². The zero-order chi connectivity index (χ0) is 16.8. The van der Waals surface area contributed by atoms with Crippen molar-refractivity contribution in [2.45, 2.75) is 0 Å². The van der Waals surface area contributed by atoms with Crippen LogP contribution >= 0.6 is 23.2 Å². The van der Waals surface area contributed by atoms with Crippen molar-refractivity contribution in [3.05, 3.63) is 57.6 Å². The van der Waals surface area contributed by atoms with E-state index in [-0.39, 0.29) is 0 Å². The van der Waals surface area contributed by atoms with Crippen LogP contribution in [-0.2, 0) is 0 Å². The highest BCUT2D eigenvalue weighted by Crippen LogP contribution is 2.29. The molecular weight excluding hydrogens is 339 g/mol. The van der Waals surface area contributed by atoms with Crippen LogP contribution in [0.1, 0.15) is 15.9 Å². The van der Waals surface area contributed by atoms with E-state index in [1.54, 1.807) is 37.4 Å². The first-order chi connectivity index (χ1) is 11.1. The van der Waals surface area contributed by atoms with Crippen molar-refractivity contribution in [3.63, 3.8) is 0 Å². The van der Waals surface area contributed by atoms with Crippen LogP contribution in [0.15, 0.2) is 41.5 Å². The summed E-state index contributed by atoms with van der Waals surface area (Å²) in [6.07, 6.45) is 1.47. The number of nitrogens with zero attached hydrogens (tertiary/aromatic N) is 1. The van der Waals surface area contributed by atoms with Crippen molar-refractivity contribution in [1.82, 2.24) is 5.43 Å². The lowest BCUT2D eigenvalue weighted by atomic mass is 10.2. The maximum absolute atomic E-state index is 12.0. The van der Waals surface area contributed by atoms with E-state index in [9.17, 15) is 4.79 Å². The summed E-state index contributed by atoms with van der Waals surface area (Å²) in [7, 11) is 3.08. The third-order valence-corrected chi connectivity index (χ3v) is 3.72. The summed E-state index contributed by atoms with van der Waals surface area (Å²) >= 11 is 11.7. The van der Waals surface area contributed by atoms with E-state index < -0.39 is 5.91 Å². The molecule has 0 bridgehead atoms. The SMILES string of the molecule is COc1cccc(C=NNC(=O)c2ccc(Cl)c(Cl)c2)c1OC. The maximum Gasteiger partial charge on any atom is 0.271 e. The number of nitrogens with one attached hydrogen (secondary N) is 1. The molecule has 0 aliphatic heterocycles. The van der Waals surface area contributed by atoms with Crippen LogP contribution in [0.2, 0.25) is 10.0 Å². The molecule has 0 saturated carbocycles. The molecule has 0 aliphatic carbocycles. The number of benzene rings is 2. The monoisotopic (exact) mass is 352 g/mol. The van der Waals surface area contributed by atoms with Crippen molar-refractivity contribution in [2.24, 2.45) is 5.10 Å². The highest BCUT2D eigenvalue weighted by Gasteiger charge is 2.09. The summed E-state index contributed by atoms with van der Waals surface area (Å²) in [5, 5.41) is 4.60. The molecule has 120 valence electrons. The summed E-state index contributed by atoms with van der Waals surface area (Å²) in [6.45, 7) is 0. The van der Waals surface area contributed by atoms with Gasteiger partial charge in [-0.25, -0.2) is 5.43 Å². The number of hydrogen-bond acceptors (Lipinski definition) is 4. The average molecular weight is 353 g/mol. The Morgan fingerprint density at radius 2 is 1.91 bits per heavy atom. The second-order valence-corrected chi connectivity index (χ2v) is 5.23. The first kappa shape index (κ1) is 17.1. The zero-order valence-corrected chi connectivity index (χ0v) is 14.0. The number of carbonyl (C=O) groups is 1. The van der Waals surface area contributed by atoms with E-state index in [1.165, 1.54) is 19.4 Å². The van der Waals surface area contributed by atoms with Gasteiger partial charge in [-0.05, 0) is 30.3 Å². The molecule has 2 aromatic carbocycles. The number of ether oxygens (including phenoxy) is 2. The molecule has 7 heteroatoms. The summed E-state index contributed by atoms with van der Waals surface area (Å²) in [5.74, 6) is 0.705. The van der Waals surface area contributed by atoms with Gasteiger partial charge in [-0.3, -0.25) is 4.79 Å².